The lowest BCUT2D eigenvalue weighted by molar-refractivity contribution is -0.130. The predicted octanol–water partition coefficient (Wildman–Crippen LogP) is 2.66. The second kappa shape index (κ2) is 6.61. The van der Waals surface area contributed by atoms with Crippen LogP contribution in [0.1, 0.15) is 31.7 Å². The van der Waals surface area contributed by atoms with Crippen molar-refractivity contribution in [3.63, 3.8) is 0 Å². The summed E-state index contributed by atoms with van der Waals surface area (Å²) in [5, 5.41) is 5.47. The van der Waals surface area contributed by atoms with E-state index in [0.29, 0.717) is 30.4 Å². The van der Waals surface area contributed by atoms with Gasteiger partial charge in [0.05, 0.1) is 13.7 Å². The Hall–Kier alpha value is -2.04. The van der Waals surface area contributed by atoms with Crippen LogP contribution in [0.3, 0.4) is 0 Å². The molecule has 0 aromatic heterocycles. The highest BCUT2D eigenvalue weighted by Crippen LogP contribution is 2.32. The molecule has 114 valence electrons. The first-order chi connectivity index (χ1) is 10.0. The van der Waals surface area contributed by atoms with E-state index in [4.69, 9.17) is 9.47 Å². The third kappa shape index (κ3) is 3.74. The maximum Gasteiger partial charge on any atom is 0.243 e. The molecule has 1 aromatic carbocycles. The van der Waals surface area contributed by atoms with Gasteiger partial charge in [-0.1, -0.05) is 19.9 Å². The summed E-state index contributed by atoms with van der Waals surface area (Å²) in [6.45, 7) is 4.82. The quantitative estimate of drug-likeness (QED) is 0.837. The Bertz CT molecular complexity index is 540. The number of carbonyl (C=O) groups excluding carboxylic acids is 1. The van der Waals surface area contributed by atoms with Gasteiger partial charge in [0, 0.05) is 25.6 Å². The fourth-order valence-corrected chi connectivity index (χ4v) is 2.11. The molecule has 0 fully saturated rings. The zero-order valence-corrected chi connectivity index (χ0v) is 13.0. The van der Waals surface area contributed by atoms with Gasteiger partial charge in [0.25, 0.3) is 0 Å². The minimum absolute atomic E-state index is 0.0130. The molecule has 0 saturated carbocycles. The first-order valence-corrected chi connectivity index (χ1v) is 7.12. The summed E-state index contributed by atoms with van der Waals surface area (Å²) in [6.07, 6.45) is 2.23. The fraction of sp³-hybridized carbons (Fsp3) is 0.500. The molecule has 0 saturated heterocycles. The van der Waals surface area contributed by atoms with Crippen LogP contribution in [0.25, 0.3) is 0 Å². The lowest BCUT2D eigenvalue weighted by Crippen LogP contribution is -2.28. The molecule has 1 aliphatic rings. The molecule has 1 atom stereocenters. The highest BCUT2D eigenvalue weighted by Gasteiger charge is 2.22. The SMILES string of the molecule is COc1ccc(C2C=NN(C)C(=O)C2)cc1OCC(C)C. The van der Waals surface area contributed by atoms with Gasteiger partial charge in [-0.05, 0) is 23.6 Å². The number of benzene rings is 1. The van der Waals surface area contributed by atoms with E-state index < -0.39 is 0 Å². The van der Waals surface area contributed by atoms with Crippen molar-refractivity contribution in [2.24, 2.45) is 11.0 Å². The third-order valence-electron chi connectivity index (χ3n) is 3.36. The van der Waals surface area contributed by atoms with Gasteiger partial charge in [-0.25, -0.2) is 5.01 Å². The van der Waals surface area contributed by atoms with Crippen molar-refractivity contribution >= 4 is 12.1 Å². The summed E-state index contributed by atoms with van der Waals surface area (Å²) >= 11 is 0. The topological polar surface area (TPSA) is 51.1 Å². The maximum atomic E-state index is 11.8. The van der Waals surface area contributed by atoms with Gasteiger partial charge in [-0.3, -0.25) is 4.79 Å². The van der Waals surface area contributed by atoms with Gasteiger partial charge >= 0.3 is 0 Å². The van der Waals surface area contributed by atoms with Gasteiger partial charge in [-0.15, -0.1) is 0 Å². The van der Waals surface area contributed by atoms with E-state index in [0.717, 1.165) is 5.56 Å². The molecule has 0 radical (unpaired) electrons. The molecule has 1 heterocycles. The number of amides is 1. The summed E-state index contributed by atoms with van der Waals surface area (Å²) in [6, 6.07) is 5.77. The van der Waals surface area contributed by atoms with Gasteiger partial charge in [0.2, 0.25) is 5.91 Å². The Morgan fingerprint density at radius 2 is 2.14 bits per heavy atom. The molecular formula is C16H22N2O3. The molecule has 1 unspecified atom stereocenters. The molecule has 0 spiro atoms. The second-order valence-electron chi connectivity index (χ2n) is 5.61. The number of hydrazone groups is 1. The molecule has 5 nitrogen and oxygen atoms in total. The summed E-state index contributed by atoms with van der Waals surface area (Å²) in [5.41, 5.74) is 1.01. The molecule has 2 rings (SSSR count). The molecule has 0 aliphatic carbocycles. The molecular weight excluding hydrogens is 268 g/mol. The molecule has 0 N–H and O–H groups in total. The number of hydrogen-bond acceptors (Lipinski definition) is 4. The fourth-order valence-electron chi connectivity index (χ4n) is 2.11. The number of hydrogen-bond donors (Lipinski definition) is 0. The van der Waals surface area contributed by atoms with Crippen LogP contribution < -0.4 is 9.47 Å². The minimum Gasteiger partial charge on any atom is -0.493 e. The van der Waals surface area contributed by atoms with Crippen LogP contribution in [0.2, 0.25) is 0 Å². The van der Waals surface area contributed by atoms with Crippen molar-refractivity contribution in [2.45, 2.75) is 26.2 Å². The number of carbonyl (C=O) groups is 1. The minimum atomic E-state index is -0.0130. The zero-order chi connectivity index (χ0) is 15.4. The van der Waals surface area contributed by atoms with Crippen molar-refractivity contribution in [3.05, 3.63) is 23.8 Å². The summed E-state index contributed by atoms with van der Waals surface area (Å²) in [4.78, 5) is 11.8. The van der Waals surface area contributed by atoms with Crippen LogP contribution in [0.5, 0.6) is 11.5 Å². The molecule has 1 aliphatic heterocycles. The predicted molar refractivity (Wildman–Crippen MR) is 81.9 cm³/mol. The van der Waals surface area contributed by atoms with E-state index in [-0.39, 0.29) is 11.8 Å². The average Bonchev–Trinajstić information content (AvgIpc) is 2.47. The zero-order valence-electron chi connectivity index (χ0n) is 13.0. The van der Waals surface area contributed by atoms with E-state index in [9.17, 15) is 4.79 Å². The Morgan fingerprint density at radius 3 is 2.76 bits per heavy atom. The number of methoxy groups -OCH3 is 1. The number of ether oxygens (including phenoxy) is 2. The van der Waals surface area contributed by atoms with Crippen LogP contribution in [-0.2, 0) is 4.79 Å². The lowest BCUT2D eigenvalue weighted by atomic mass is 9.95. The Kier molecular flexibility index (Phi) is 4.83. The van der Waals surface area contributed by atoms with Crippen LogP contribution in [0.15, 0.2) is 23.3 Å². The van der Waals surface area contributed by atoms with Crippen molar-refractivity contribution in [1.29, 1.82) is 0 Å². The van der Waals surface area contributed by atoms with Gasteiger partial charge in [0.15, 0.2) is 11.5 Å². The van der Waals surface area contributed by atoms with E-state index >= 15 is 0 Å². The molecule has 21 heavy (non-hydrogen) atoms. The second-order valence-corrected chi connectivity index (χ2v) is 5.61. The summed E-state index contributed by atoms with van der Waals surface area (Å²) in [5.74, 6) is 1.85. The van der Waals surface area contributed by atoms with E-state index in [1.807, 2.05) is 18.2 Å². The van der Waals surface area contributed by atoms with E-state index in [1.165, 1.54) is 5.01 Å². The van der Waals surface area contributed by atoms with E-state index in [2.05, 4.69) is 18.9 Å². The van der Waals surface area contributed by atoms with Crippen LogP contribution in [0.4, 0.5) is 0 Å². The summed E-state index contributed by atoms with van der Waals surface area (Å²) in [7, 11) is 3.29. The van der Waals surface area contributed by atoms with Gasteiger partial charge in [0.1, 0.15) is 0 Å². The lowest BCUT2D eigenvalue weighted by Gasteiger charge is -2.22. The standard InChI is InChI=1S/C16H22N2O3/c1-11(2)10-21-15-7-12(5-6-14(15)20-4)13-8-16(19)18(3)17-9-13/h5-7,9,11,13H,8,10H2,1-4H3. The number of rotatable bonds is 5. The molecule has 1 aromatic rings. The Morgan fingerprint density at radius 1 is 1.38 bits per heavy atom. The van der Waals surface area contributed by atoms with Gasteiger partial charge < -0.3 is 9.47 Å². The normalized spacial score (nSPS) is 18.2. The number of nitrogens with zero attached hydrogens (tertiary/aromatic N) is 2. The average molecular weight is 290 g/mol. The van der Waals surface area contributed by atoms with Crippen LogP contribution >= 0.6 is 0 Å². The smallest absolute Gasteiger partial charge is 0.243 e. The van der Waals surface area contributed by atoms with Crippen molar-refractivity contribution in [2.75, 3.05) is 20.8 Å². The van der Waals surface area contributed by atoms with Crippen molar-refractivity contribution in [3.8, 4) is 11.5 Å². The van der Waals surface area contributed by atoms with Crippen LogP contribution in [-0.4, -0.2) is 37.9 Å². The van der Waals surface area contributed by atoms with E-state index in [1.54, 1.807) is 20.4 Å². The first-order valence-electron chi connectivity index (χ1n) is 7.12. The summed E-state index contributed by atoms with van der Waals surface area (Å²) < 4.78 is 11.1. The van der Waals surface area contributed by atoms with Gasteiger partial charge in [-0.2, -0.15) is 5.10 Å². The van der Waals surface area contributed by atoms with Crippen molar-refractivity contribution < 1.29 is 14.3 Å². The van der Waals surface area contributed by atoms with Crippen molar-refractivity contribution in [1.82, 2.24) is 5.01 Å². The first kappa shape index (κ1) is 15.4. The molecule has 1 amide bonds. The molecule has 5 heteroatoms. The maximum absolute atomic E-state index is 11.8. The Balaban J connectivity index is 2.23. The van der Waals surface area contributed by atoms with Crippen LogP contribution in [0, 0.1) is 5.92 Å². The third-order valence-corrected chi connectivity index (χ3v) is 3.36. The monoisotopic (exact) mass is 290 g/mol. The highest BCUT2D eigenvalue weighted by atomic mass is 16.5. The Labute approximate surface area is 125 Å². The largest absolute Gasteiger partial charge is 0.493 e. The highest BCUT2D eigenvalue weighted by molar-refractivity contribution is 5.86. The molecule has 0 bridgehead atoms.